The van der Waals surface area contributed by atoms with Gasteiger partial charge in [-0.15, -0.1) is 0 Å². The molecule has 138 valence electrons. The van der Waals surface area contributed by atoms with Crippen LogP contribution in [0.3, 0.4) is 0 Å². The Morgan fingerprint density at radius 3 is 1.80 bits per heavy atom. The van der Waals surface area contributed by atoms with Crippen molar-refractivity contribution in [3.8, 4) is 5.75 Å². The number of anilines is 1. The number of carbonyl (C=O) groups excluding carboxylic acids is 2. The van der Waals surface area contributed by atoms with Crippen LogP contribution in [0.1, 0.15) is 39.5 Å². The fraction of sp³-hybridized carbons (Fsp3) is 0.579. The highest BCUT2D eigenvalue weighted by Gasteiger charge is 2.59. The topological polar surface area (TPSA) is 64.8 Å². The largest absolute Gasteiger partial charge is 0.497 e. The molecule has 1 saturated heterocycles. The van der Waals surface area contributed by atoms with E-state index in [0.717, 1.165) is 37.1 Å². The zero-order valence-electron chi connectivity index (χ0n) is 15.2. The van der Waals surface area contributed by atoms with Gasteiger partial charge < -0.3 is 19.1 Å². The summed E-state index contributed by atoms with van der Waals surface area (Å²) in [6.07, 6.45) is 3.52. The molecule has 0 amide bonds. The Morgan fingerprint density at radius 1 is 0.920 bits per heavy atom. The third-order valence-corrected chi connectivity index (χ3v) is 4.15. The minimum absolute atomic E-state index is 0.373. The standard InChI is InChI=1S/C19H27NO5/c1-4-6-12-24-18(21)16-17(19(22)25-13-7-5-2)20(16)14-8-10-15(23-3)11-9-14/h8-11,16-17H,4-7,12-13H2,1-3H3/t16-,17+,20?. The molecule has 25 heavy (non-hydrogen) atoms. The van der Waals surface area contributed by atoms with Gasteiger partial charge in [-0.1, -0.05) is 26.7 Å². The summed E-state index contributed by atoms with van der Waals surface area (Å²) in [7, 11) is 1.59. The SMILES string of the molecule is CCCCOC(=O)[C@@H]1[C@H](C(=O)OCCCC)N1c1ccc(OC)cc1. The number of carbonyl (C=O) groups is 2. The summed E-state index contributed by atoms with van der Waals surface area (Å²) in [4.78, 5) is 26.4. The van der Waals surface area contributed by atoms with Crippen LogP contribution in [0.2, 0.25) is 0 Å². The van der Waals surface area contributed by atoms with Crippen molar-refractivity contribution in [2.75, 3.05) is 25.2 Å². The van der Waals surface area contributed by atoms with E-state index in [9.17, 15) is 9.59 Å². The molecule has 1 aromatic carbocycles. The van der Waals surface area contributed by atoms with Crippen molar-refractivity contribution in [3.05, 3.63) is 24.3 Å². The quantitative estimate of drug-likeness (QED) is 0.368. The number of hydrogen-bond donors (Lipinski definition) is 0. The van der Waals surface area contributed by atoms with Crippen molar-refractivity contribution in [1.29, 1.82) is 0 Å². The first-order valence-electron chi connectivity index (χ1n) is 8.89. The third kappa shape index (κ3) is 4.87. The third-order valence-electron chi connectivity index (χ3n) is 4.15. The Kier molecular flexibility index (Phi) is 7.10. The Balaban J connectivity index is 2.06. The Morgan fingerprint density at radius 2 is 1.40 bits per heavy atom. The maximum Gasteiger partial charge on any atom is 0.331 e. The summed E-state index contributed by atoms with van der Waals surface area (Å²) in [6, 6.07) is 6.02. The van der Waals surface area contributed by atoms with Crippen LogP contribution < -0.4 is 9.64 Å². The normalized spacial score (nSPS) is 18.6. The summed E-state index contributed by atoms with van der Waals surface area (Å²) in [5, 5.41) is 0. The van der Waals surface area contributed by atoms with Gasteiger partial charge in [0.25, 0.3) is 0 Å². The van der Waals surface area contributed by atoms with Crippen molar-refractivity contribution in [3.63, 3.8) is 0 Å². The second kappa shape index (κ2) is 9.30. The van der Waals surface area contributed by atoms with E-state index >= 15 is 0 Å². The van der Waals surface area contributed by atoms with Crippen LogP contribution in [-0.4, -0.2) is 44.3 Å². The van der Waals surface area contributed by atoms with E-state index in [1.54, 1.807) is 24.1 Å². The minimum Gasteiger partial charge on any atom is -0.497 e. The first kappa shape index (κ1) is 19.1. The zero-order valence-corrected chi connectivity index (χ0v) is 15.2. The fourth-order valence-corrected chi connectivity index (χ4v) is 2.60. The van der Waals surface area contributed by atoms with Crippen LogP contribution in [0.5, 0.6) is 5.75 Å². The number of methoxy groups -OCH3 is 1. The summed E-state index contributed by atoms with van der Waals surface area (Å²) < 4.78 is 15.7. The average Bonchev–Trinajstić information content (AvgIpc) is 3.38. The number of rotatable bonds is 10. The van der Waals surface area contributed by atoms with Gasteiger partial charge in [0.1, 0.15) is 5.75 Å². The van der Waals surface area contributed by atoms with Crippen molar-refractivity contribution in [1.82, 2.24) is 0 Å². The molecular weight excluding hydrogens is 322 g/mol. The lowest BCUT2D eigenvalue weighted by molar-refractivity contribution is -0.147. The monoisotopic (exact) mass is 349 g/mol. The molecule has 1 aliphatic heterocycles. The molecule has 6 nitrogen and oxygen atoms in total. The van der Waals surface area contributed by atoms with E-state index in [4.69, 9.17) is 14.2 Å². The highest BCUT2D eigenvalue weighted by atomic mass is 16.5. The molecule has 0 radical (unpaired) electrons. The van der Waals surface area contributed by atoms with Gasteiger partial charge in [0, 0.05) is 5.69 Å². The smallest absolute Gasteiger partial charge is 0.331 e. The van der Waals surface area contributed by atoms with Gasteiger partial charge in [0.15, 0.2) is 12.1 Å². The van der Waals surface area contributed by atoms with E-state index in [2.05, 4.69) is 0 Å². The summed E-state index contributed by atoms with van der Waals surface area (Å²) in [6.45, 7) is 4.81. The lowest BCUT2D eigenvalue weighted by atomic mass is 10.3. The van der Waals surface area contributed by atoms with Crippen LogP contribution in [0.4, 0.5) is 5.69 Å². The molecule has 0 N–H and O–H groups in total. The van der Waals surface area contributed by atoms with Gasteiger partial charge in [0.2, 0.25) is 0 Å². The first-order valence-corrected chi connectivity index (χ1v) is 8.89. The molecular formula is C19H27NO5. The van der Waals surface area contributed by atoms with Crippen LogP contribution in [0.25, 0.3) is 0 Å². The molecule has 0 bridgehead atoms. The summed E-state index contributed by atoms with van der Waals surface area (Å²) in [5.41, 5.74) is 0.774. The fourth-order valence-electron chi connectivity index (χ4n) is 2.60. The Hall–Kier alpha value is -2.24. The lowest BCUT2D eigenvalue weighted by Crippen LogP contribution is -2.21. The molecule has 1 aromatic rings. The highest BCUT2D eigenvalue weighted by molar-refractivity contribution is 6.01. The number of nitrogens with zero attached hydrogens (tertiary/aromatic N) is 1. The van der Waals surface area contributed by atoms with Gasteiger partial charge in [-0.2, -0.15) is 0 Å². The molecule has 0 spiro atoms. The zero-order chi connectivity index (χ0) is 18.2. The van der Waals surface area contributed by atoms with Gasteiger partial charge in [-0.3, -0.25) is 0 Å². The van der Waals surface area contributed by atoms with Gasteiger partial charge in [-0.25, -0.2) is 9.59 Å². The van der Waals surface area contributed by atoms with E-state index in [-0.39, 0.29) is 11.9 Å². The molecule has 1 fully saturated rings. The Bertz CT molecular complexity index is 544. The maximum atomic E-state index is 12.3. The van der Waals surface area contributed by atoms with Crippen molar-refractivity contribution in [2.45, 2.75) is 51.6 Å². The molecule has 0 aromatic heterocycles. The average molecular weight is 349 g/mol. The lowest BCUT2D eigenvalue weighted by Gasteiger charge is -2.08. The van der Waals surface area contributed by atoms with E-state index in [0.29, 0.717) is 13.2 Å². The van der Waals surface area contributed by atoms with E-state index in [1.807, 2.05) is 26.0 Å². The second-order valence-electron chi connectivity index (χ2n) is 6.04. The van der Waals surface area contributed by atoms with Crippen molar-refractivity contribution in [2.24, 2.45) is 0 Å². The Labute approximate surface area is 149 Å². The van der Waals surface area contributed by atoms with Crippen LogP contribution in [0, 0.1) is 0 Å². The number of unbranched alkanes of at least 4 members (excludes halogenated alkanes) is 2. The van der Waals surface area contributed by atoms with Crippen molar-refractivity contribution >= 4 is 17.6 Å². The molecule has 0 aliphatic carbocycles. The molecule has 1 aliphatic rings. The van der Waals surface area contributed by atoms with E-state index in [1.165, 1.54) is 0 Å². The van der Waals surface area contributed by atoms with Crippen LogP contribution in [0.15, 0.2) is 24.3 Å². The predicted octanol–water partition coefficient (Wildman–Crippen LogP) is 2.94. The number of esters is 2. The van der Waals surface area contributed by atoms with E-state index < -0.39 is 12.1 Å². The van der Waals surface area contributed by atoms with Gasteiger partial charge >= 0.3 is 11.9 Å². The number of benzene rings is 1. The van der Waals surface area contributed by atoms with Gasteiger partial charge in [0.05, 0.1) is 20.3 Å². The second-order valence-corrected chi connectivity index (χ2v) is 6.04. The number of hydrogen-bond acceptors (Lipinski definition) is 6. The summed E-state index contributed by atoms with van der Waals surface area (Å²) >= 11 is 0. The molecule has 0 saturated carbocycles. The maximum absolute atomic E-state index is 12.3. The van der Waals surface area contributed by atoms with Crippen LogP contribution >= 0.6 is 0 Å². The molecule has 2 atom stereocenters. The van der Waals surface area contributed by atoms with Crippen LogP contribution in [-0.2, 0) is 19.1 Å². The number of ether oxygens (including phenoxy) is 3. The first-order chi connectivity index (χ1) is 12.1. The molecule has 6 heteroatoms. The molecule has 2 rings (SSSR count). The highest BCUT2D eigenvalue weighted by Crippen LogP contribution is 2.37. The summed E-state index contributed by atoms with van der Waals surface area (Å²) in [5.74, 6) is -0.0295. The van der Waals surface area contributed by atoms with Gasteiger partial charge in [-0.05, 0) is 37.1 Å². The molecule has 0 unspecified atom stereocenters. The van der Waals surface area contributed by atoms with Crippen molar-refractivity contribution < 1.29 is 23.8 Å². The minimum atomic E-state index is -0.612. The predicted molar refractivity (Wildman–Crippen MR) is 94.8 cm³/mol. The molecule has 1 heterocycles.